The largest absolute Gasteiger partial charge is 0.356 e. The van der Waals surface area contributed by atoms with Gasteiger partial charge < -0.3 is 10.2 Å². The molecule has 2 aromatic heterocycles. The number of carbonyl (C=O) groups excluding carboxylic acids is 1. The van der Waals surface area contributed by atoms with Gasteiger partial charge in [0.1, 0.15) is 24.5 Å². The summed E-state index contributed by atoms with van der Waals surface area (Å²) >= 11 is 0. The predicted molar refractivity (Wildman–Crippen MR) is 106 cm³/mol. The summed E-state index contributed by atoms with van der Waals surface area (Å²) < 4.78 is 15.2. The smallest absolute Gasteiger partial charge is 0.246 e. The molecule has 0 unspecified atom stereocenters. The first-order chi connectivity index (χ1) is 13.6. The summed E-state index contributed by atoms with van der Waals surface area (Å²) in [6, 6.07) is 4.63. The van der Waals surface area contributed by atoms with Gasteiger partial charge in [-0.3, -0.25) is 4.79 Å². The molecule has 1 aliphatic rings. The first-order valence-corrected chi connectivity index (χ1v) is 9.59. The number of nitrogens with one attached hydrogen (secondary N) is 1. The Kier molecular flexibility index (Phi) is 5.18. The third kappa shape index (κ3) is 3.81. The van der Waals surface area contributed by atoms with Crippen molar-refractivity contribution in [2.45, 2.75) is 39.2 Å². The molecule has 8 heteroatoms. The average molecular weight is 382 g/mol. The molecule has 146 valence electrons. The van der Waals surface area contributed by atoms with E-state index in [1.807, 2.05) is 0 Å². The van der Waals surface area contributed by atoms with Gasteiger partial charge in [-0.05, 0) is 37.5 Å². The van der Waals surface area contributed by atoms with Gasteiger partial charge in [-0.25, -0.2) is 19.0 Å². The normalized spacial score (nSPS) is 14.9. The maximum absolute atomic E-state index is 13.7. The highest BCUT2D eigenvalue weighted by atomic mass is 19.1. The third-order valence-electron chi connectivity index (χ3n) is 5.07. The highest BCUT2D eigenvalue weighted by molar-refractivity contribution is 5.92. The number of hydrogen-bond acceptors (Lipinski definition) is 5. The average Bonchev–Trinajstić information content (AvgIpc) is 2.90. The van der Waals surface area contributed by atoms with Crippen LogP contribution in [0.1, 0.15) is 31.2 Å². The van der Waals surface area contributed by atoms with E-state index in [9.17, 15) is 9.18 Å². The summed E-state index contributed by atoms with van der Waals surface area (Å²) in [5.74, 6) is 0.236. The third-order valence-corrected chi connectivity index (χ3v) is 5.07. The van der Waals surface area contributed by atoms with E-state index in [2.05, 4.69) is 25.3 Å². The number of benzene rings is 1. The lowest BCUT2D eigenvalue weighted by Crippen LogP contribution is -2.25. The van der Waals surface area contributed by atoms with E-state index in [1.165, 1.54) is 25.2 Å². The molecule has 0 aliphatic carbocycles. The van der Waals surface area contributed by atoms with E-state index in [4.69, 9.17) is 0 Å². The number of anilines is 2. The fourth-order valence-electron chi connectivity index (χ4n) is 3.54. The first kappa shape index (κ1) is 18.3. The highest BCUT2D eigenvalue weighted by Gasteiger charge is 2.18. The van der Waals surface area contributed by atoms with E-state index in [1.54, 1.807) is 29.9 Å². The number of aryl methyl sites for hydroxylation is 1. The van der Waals surface area contributed by atoms with Crippen LogP contribution in [0.4, 0.5) is 15.9 Å². The molecule has 4 rings (SSSR count). The van der Waals surface area contributed by atoms with E-state index < -0.39 is 0 Å². The van der Waals surface area contributed by atoms with Crippen molar-refractivity contribution in [1.82, 2.24) is 19.7 Å². The fraction of sp³-hybridized carbons (Fsp3) is 0.400. The summed E-state index contributed by atoms with van der Waals surface area (Å²) in [6.45, 7) is 3.61. The number of halogens is 1. The Labute approximate surface area is 162 Å². The minimum absolute atomic E-state index is 0.00452. The zero-order valence-electron chi connectivity index (χ0n) is 15.9. The van der Waals surface area contributed by atoms with E-state index in [0.29, 0.717) is 16.9 Å². The molecule has 0 radical (unpaired) electrons. The molecule has 0 bridgehead atoms. The molecular weight excluding hydrogens is 359 g/mol. The lowest BCUT2D eigenvalue weighted by Gasteiger charge is -2.21. The Morgan fingerprint density at radius 1 is 1.18 bits per heavy atom. The Morgan fingerprint density at radius 3 is 2.71 bits per heavy atom. The second kappa shape index (κ2) is 7.92. The number of rotatable bonds is 4. The Bertz CT molecular complexity index is 994. The van der Waals surface area contributed by atoms with Crippen LogP contribution in [0.3, 0.4) is 0 Å². The van der Waals surface area contributed by atoms with Gasteiger partial charge in [0.25, 0.3) is 0 Å². The van der Waals surface area contributed by atoms with Crippen LogP contribution in [0.15, 0.2) is 30.7 Å². The van der Waals surface area contributed by atoms with Crippen LogP contribution < -0.4 is 10.2 Å². The summed E-state index contributed by atoms with van der Waals surface area (Å²) in [5.41, 5.74) is 1.58. The van der Waals surface area contributed by atoms with Crippen LogP contribution in [-0.2, 0) is 11.3 Å². The quantitative estimate of drug-likeness (QED) is 0.749. The molecule has 1 amide bonds. The minimum atomic E-state index is -0.350. The monoisotopic (exact) mass is 382 g/mol. The molecule has 3 aromatic rings. The summed E-state index contributed by atoms with van der Waals surface area (Å²) in [7, 11) is 0. The number of amides is 1. The van der Waals surface area contributed by atoms with E-state index in [0.717, 1.165) is 37.1 Å². The molecule has 3 heterocycles. The van der Waals surface area contributed by atoms with Crippen LogP contribution in [0.5, 0.6) is 0 Å². The van der Waals surface area contributed by atoms with Crippen LogP contribution >= 0.6 is 0 Å². The molecule has 7 nitrogen and oxygen atoms in total. The molecule has 0 spiro atoms. The molecule has 1 aliphatic heterocycles. The lowest BCUT2D eigenvalue weighted by molar-refractivity contribution is -0.116. The standard InChI is InChI=1S/C20H23FN6O/c1-14-6-7-15(10-17(14)21)25-18(28)12-27-20-16(11-24-27)19(22-13-23-20)26-8-4-2-3-5-9-26/h6-7,10-11,13H,2-5,8-9,12H2,1H3,(H,25,28). The Balaban J connectivity index is 1.53. The number of fused-ring (bicyclic) bond motifs is 1. The van der Waals surface area contributed by atoms with E-state index >= 15 is 0 Å². The van der Waals surface area contributed by atoms with E-state index in [-0.39, 0.29) is 18.3 Å². The summed E-state index contributed by atoms with van der Waals surface area (Å²) in [6.07, 6.45) is 8.01. The Hall–Kier alpha value is -3.03. The maximum atomic E-state index is 13.7. The zero-order chi connectivity index (χ0) is 19.5. The fourth-order valence-corrected chi connectivity index (χ4v) is 3.54. The summed E-state index contributed by atoms with van der Waals surface area (Å²) in [4.78, 5) is 23.5. The predicted octanol–water partition coefficient (Wildman–Crippen LogP) is 3.29. The van der Waals surface area contributed by atoms with Crippen LogP contribution in [0.25, 0.3) is 11.0 Å². The molecule has 1 saturated heterocycles. The van der Waals surface area contributed by atoms with Gasteiger partial charge in [-0.2, -0.15) is 5.10 Å². The zero-order valence-corrected chi connectivity index (χ0v) is 15.9. The Morgan fingerprint density at radius 2 is 1.96 bits per heavy atom. The van der Waals surface area contributed by atoms with Gasteiger partial charge in [-0.1, -0.05) is 18.9 Å². The van der Waals surface area contributed by atoms with Gasteiger partial charge in [0.05, 0.1) is 11.6 Å². The highest BCUT2D eigenvalue weighted by Crippen LogP contribution is 2.25. The molecule has 0 atom stereocenters. The van der Waals surface area contributed by atoms with Crippen LogP contribution in [-0.4, -0.2) is 38.7 Å². The van der Waals surface area contributed by atoms with Crippen molar-refractivity contribution in [2.24, 2.45) is 0 Å². The van der Waals surface area contributed by atoms with Gasteiger partial charge >= 0.3 is 0 Å². The SMILES string of the molecule is Cc1ccc(NC(=O)Cn2ncc3c(N4CCCCCC4)ncnc32)cc1F. The second-order valence-corrected chi connectivity index (χ2v) is 7.15. The number of aromatic nitrogens is 4. The van der Waals surface area contributed by atoms with Crippen molar-refractivity contribution in [3.05, 3.63) is 42.1 Å². The molecular formula is C20H23FN6O. The second-order valence-electron chi connectivity index (χ2n) is 7.15. The van der Waals surface area contributed by atoms with Gasteiger partial charge in [0.15, 0.2) is 5.65 Å². The molecule has 28 heavy (non-hydrogen) atoms. The summed E-state index contributed by atoms with van der Waals surface area (Å²) in [5, 5.41) is 7.89. The topological polar surface area (TPSA) is 75.9 Å². The van der Waals surface area contributed by atoms with Crippen LogP contribution in [0, 0.1) is 12.7 Å². The molecule has 0 saturated carbocycles. The van der Waals surface area contributed by atoms with Gasteiger partial charge in [0.2, 0.25) is 5.91 Å². The van der Waals surface area contributed by atoms with Crippen molar-refractivity contribution < 1.29 is 9.18 Å². The number of hydrogen-bond donors (Lipinski definition) is 1. The minimum Gasteiger partial charge on any atom is -0.356 e. The van der Waals surface area contributed by atoms with Gasteiger partial charge in [-0.15, -0.1) is 0 Å². The van der Waals surface area contributed by atoms with Crippen molar-refractivity contribution in [3.8, 4) is 0 Å². The van der Waals surface area contributed by atoms with Crippen LogP contribution in [0.2, 0.25) is 0 Å². The van der Waals surface area contributed by atoms with Crippen molar-refractivity contribution in [1.29, 1.82) is 0 Å². The lowest BCUT2D eigenvalue weighted by atomic mass is 10.2. The molecule has 1 aromatic carbocycles. The van der Waals surface area contributed by atoms with Crippen molar-refractivity contribution in [2.75, 3.05) is 23.3 Å². The molecule has 1 N–H and O–H groups in total. The molecule has 1 fully saturated rings. The number of nitrogens with zero attached hydrogens (tertiary/aromatic N) is 5. The van der Waals surface area contributed by atoms with Gasteiger partial charge in [0, 0.05) is 18.8 Å². The maximum Gasteiger partial charge on any atom is 0.246 e. The first-order valence-electron chi connectivity index (χ1n) is 9.59. The van der Waals surface area contributed by atoms with Crippen molar-refractivity contribution >= 4 is 28.4 Å². The number of carbonyl (C=O) groups is 1. The van der Waals surface area contributed by atoms with Crippen molar-refractivity contribution in [3.63, 3.8) is 0 Å².